The Bertz CT molecular complexity index is 151. The molecule has 2 fully saturated rings. The van der Waals surface area contributed by atoms with Crippen molar-refractivity contribution >= 4 is 8.41 Å². The van der Waals surface area contributed by atoms with Crippen LogP contribution in [0.5, 0.6) is 0 Å². The molecule has 0 aromatic rings. The van der Waals surface area contributed by atoms with Gasteiger partial charge in [0.15, 0.2) is 0 Å². The van der Waals surface area contributed by atoms with Crippen LogP contribution in [0.2, 0.25) is 0 Å². The summed E-state index contributed by atoms with van der Waals surface area (Å²) in [6.45, 7) is 6.95. The molecule has 0 saturated heterocycles. The lowest BCUT2D eigenvalue weighted by atomic mass is 10.0. The fraction of sp³-hybridized carbons (Fsp3) is 1.00. The molecule has 2 aliphatic carbocycles. The minimum atomic E-state index is 0. The summed E-state index contributed by atoms with van der Waals surface area (Å²) in [5.74, 6) is 3.25. The van der Waals surface area contributed by atoms with Crippen molar-refractivity contribution in [1.29, 1.82) is 0 Å². The summed E-state index contributed by atoms with van der Waals surface area (Å²) in [6.07, 6.45) is 14.8. The topological polar surface area (TPSA) is 0 Å². The molecule has 1 heteroatoms. The fourth-order valence-corrected chi connectivity index (χ4v) is 3.34. The fourth-order valence-electron chi connectivity index (χ4n) is 3.34. The van der Waals surface area contributed by atoms with Crippen LogP contribution in [-0.4, -0.2) is 8.41 Å². The standard InChI is InChI=1S/C9H18.C7H14.CH4.B/c1-3-8-5-6-9(4-2)7-8;1-2-7-5-3-4-6-7;;/h8-9H,3-7H2,1-2H3;7H,2-6H2,1H3;1H4;. The van der Waals surface area contributed by atoms with Crippen molar-refractivity contribution in [3.8, 4) is 0 Å². The zero-order valence-electron chi connectivity index (χ0n) is 12.4. The third-order valence-corrected chi connectivity index (χ3v) is 4.86. The highest BCUT2D eigenvalue weighted by Gasteiger charge is 2.21. The zero-order chi connectivity index (χ0) is 11.8. The summed E-state index contributed by atoms with van der Waals surface area (Å²) in [5, 5.41) is 0. The van der Waals surface area contributed by atoms with Gasteiger partial charge in [0.25, 0.3) is 0 Å². The second kappa shape index (κ2) is 12.1. The molecule has 0 aromatic heterocycles. The highest BCUT2D eigenvalue weighted by atomic mass is 14.3. The Hall–Kier alpha value is 0.0649. The normalized spacial score (nSPS) is 26.8. The van der Waals surface area contributed by atoms with Crippen LogP contribution < -0.4 is 0 Å². The molecule has 2 aliphatic rings. The minimum absolute atomic E-state index is 0. The van der Waals surface area contributed by atoms with E-state index in [2.05, 4.69) is 20.8 Å². The van der Waals surface area contributed by atoms with Crippen LogP contribution in [0, 0.1) is 17.8 Å². The summed E-state index contributed by atoms with van der Waals surface area (Å²) in [5.41, 5.74) is 0. The van der Waals surface area contributed by atoms with E-state index in [4.69, 9.17) is 0 Å². The molecule has 2 atom stereocenters. The first-order chi connectivity index (χ1) is 7.80. The minimum Gasteiger partial charge on any atom is -0.0776 e. The van der Waals surface area contributed by atoms with Gasteiger partial charge in [-0.25, -0.2) is 0 Å². The second-order valence-corrected chi connectivity index (χ2v) is 5.92. The lowest BCUT2D eigenvalue weighted by Crippen LogP contribution is -1.92. The van der Waals surface area contributed by atoms with E-state index in [0.717, 1.165) is 17.8 Å². The van der Waals surface area contributed by atoms with E-state index in [-0.39, 0.29) is 15.8 Å². The maximum absolute atomic E-state index is 2.32. The van der Waals surface area contributed by atoms with Crippen molar-refractivity contribution in [2.24, 2.45) is 17.8 Å². The number of rotatable bonds is 3. The average Bonchev–Trinajstić information content (AvgIpc) is 3.00. The Balaban J connectivity index is 0. The van der Waals surface area contributed by atoms with Crippen molar-refractivity contribution < 1.29 is 0 Å². The van der Waals surface area contributed by atoms with Crippen molar-refractivity contribution in [3.05, 3.63) is 0 Å². The average molecular weight is 251 g/mol. The van der Waals surface area contributed by atoms with Gasteiger partial charge in [-0.3, -0.25) is 0 Å². The van der Waals surface area contributed by atoms with Gasteiger partial charge in [-0.2, -0.15) is 0 Å². The van der Waals surface area contributed by atoms with E-state index in [1.807, 2.05) is 0 Å². The highest BCUT2D eigenvalue weighted by molar-refractivity contribution is 5.75. The molecule has 0 bridgehead atoms. The summed E-state index contributed by atoms with van der Waals surface area (Å²) >= 11 is 0. The first-order valence-corrected chi connectivity index (χ1v) is 7.80. The summed E-state index contributed by atoms with van der Waals surface area (Å²) in [6, 6.07) is 0. The van der Waals surface area contributed by atoms with Gasteiger partial charge < -0.3 is 0 Å². The summed E-state index contributed by atoms with van der Waals surface area (Å²) < 4.78 is 0. The first-order valence-electron chi connectivity index (χ1n) is 7.80. The summed E-state index contributed by atoms with van der Waals surface area (Å²) in [4.78, 5) is 0. The van der Waals surface area contributed by atoms with Gasteiger partial charge in [-0.1, -0.05) is 86.0 Å². The molecule has 0 N–H and O–H groups in total. The molecule has 18 heavy (non-hydrogen) atoms. The SMILES string of the molecule is C.CCC1CCC(CC)C1.CCC1CCCC1.[B]. The Labute approximate surface area is 119 Å². The maximum Gasteiger partial charge on any atom is 0 e. The molecule has 0 amide bonds. The van der Waals surface area contributed by atoms with Crippen LogP contribution in [0.3, 0.4) is 0 Å². The lowest BCUT2D eigenvalue weighted by Gasteiger charge is -2.05. The molecule has 2 rings (SSSR count). The largest absolute Gasteiger partial charge is 0.0776 e. The van der Waals surface area contributed by atoms with E-state index < -0.39 is 0 Å². The molecule has 0 nitrogen and oxygen atoms in total. The van der Waals surface area contributed by atoms with Crippen LogP contribution >= 0.6 is 0 Å². The van der Waals surface area contributed by atoms with Gasteiger partial charge in [-0.05, 0) is 24.2 Å². The quantitative estimate of drug-likeness (QED) is 0.534. The van der Waals surface area contributed by atoms with E-state index >= 15 is 0 Å². The molecule has 0 aliphatic heterocycles. The molecule has 2 saturated carbocycles. The van der Waals surface area contributed by atoms with E-state index in [0.29, 0.717) is 0 Å². The van der Waals surface area contributed by atoms with Gasteiger partial charge in [-0.15, -0.1) is 0 Å². The number of hydrogen-bond acceptors (Lipinski definition) is 0. The molecule has 0 spiro atoms. The van der Waals surface area contributed by atoms with Gasteiger partial charge >= 0.3 is 0 Å². The predicted octanol–water partition coefficient (Wildman–Crippen LogP) is 6.06. The molecule has 0 heterocycles. The molecule has 3 radical (unpaired) electrons. The molecular formula is C17H36B. The molecule has 2 unspecified atom stereocenters. The summed E-state index contributed by atoms with van der Waals surface area (Å²) in [7, 11) is 0. The van der Waals surface area contributed by atoms with Crippen molar-refractivity contribution in [2.45, 2.75) is 92.4 Å². The first kappa shape index (κ1) is 20.4. The third kappa shape index (κ3) is 7.49. The van der Waals surface area contributed by atoms with Gasteiger partial charge in [0.2, 0.25) is 0 Å². The molecule has 107 valence electrons. The van der Waals surface area contributed by atoms with Crippen LogP contribution in [-0.2, 0) is 0 Å². The van der Waals surface area contributed by atoms with Crippen molar-refractivity contribution in [2.75, 3.05) is 0 Å². The monoisotopic (exact) mass is 251 g/mol. The zero-order valence-corrected chi connectivity index (χ0v) is 12.4. The third-order valence-electron chi connectivity index (χ3n) is 4.86. The van der Waals surface area contributed by atoms with Crippen LogP contribution in [0.15, 0.2) is 0 Å². The highest BCUT2D eigenvalue weighted by Crippen LogP contribution is 2.34. The smallest absolute Gasteiger partial charge is 0 e. The van der Waals surface area contributed by atoms with Crippen LogP contribution in [0.1, 0.15) is 92.4 Å². The van der Waals surface area contributed by atoms with Crippen molar-refractivity contribution in [1.82, 2.24) is 0 Å². The van der Waals surface area contributed by atoms with Crippen LogP contribution in [0.25, 0.3) is 0 Å². The Kier molecular flexibility index (Phi) is 13.7. The van der Waals surface area contributed by atoms with Gasteiger partial charge in [0.1, 0.15) is 0 Å². The van der Waals surface area contributed by atoms with Crippen LogP contribution in [0.4, 0.5) is 0 Å². The second-order valence-electron chi connectivity index (χ2n) is 5.92. The Morgan fingerprint density at radius 2 is 1.06 bits per heavy atom. The molecule has 0 aromatic carbocycles. The van der Waals surface area contributed by atoms with Gasteiger partial charge in [0.05, 0.1) is 0 Å². The Morgan fingerprint density at radius 1 is 0.667 bits per heavy atom. The number of hydrogen-bond donors (Lipinski definition) is 0. The maximum atomic E-state index is 2.32. The predicted molar refractivity (Wildman–Crippen MR) is 86.1 cm³/mol. The lowest BCUT2D eigenvalue weighted by molar-refractivity contribution is 0.471. The van der Waals surface area contributed by atoms with Gasteiger partial charge in [0, 0.05) is 8.41 Å². The van der Waals surface area contributed by atoms with Crippen molar-refractivity contribution in [3.63, 3.8) is 0 Å². The molecular weight excluding hydrogens is 215 g/mol. The Morgan fingerprint density at radius 3 is 1.28 bits per heavy atom. The van der Waals surface area contributed by atoms with E-state index in [1.54, 1.807) is 0 Å². The van der Waals surface area contributed by atoms with E-state index in [9.17, 15) is 0 Å². The van der Waals surface area contributed by atoms with E-state index in [1.165, 1.54) is 64.2 Å².